The third-order valence-corrected chi connectivity index (χ3v) is 3.05. The fourth-order valence-corrected chi connectivity index (χ4v) is 1.90. The Balaban J connectivity index is 2.23. The van der Waals surface area contributed by atoms with Crippen LogP contribution in [0.25, 0.3) is 17.2 Å². The highest BCUT2D eigenvalue weighted by atomic mass is 16.3. The van der Waals surface area contributed by atoms with Gasteiger partial charge in [-0.3, -0.25) is 0 Å². The molecule has 0 bridgehead atoms. The Morgan fingerprint density at radius 1 is 0.944 bits per heavy atom. The lowest BCUT2D eigenvalue weighted by molar-refractivity contribution is 0.329. The van der Waals surface area contributed by atoms with E-state index in [-0.39, 0.29) is 6.61 Å². The smallest absolute Gasteiger partial charge is 0.0644 e. The summed E-state index contributed by atoms with van der Waals surface area (Å²) in [6.07, 6.45) is 2.94. The van der Waals surface area contributed by atoms with Gasteiger partial charge < -0.3 is 5.11 Å². The van der Waals surface area contributed by atoms with Gasteiger partial charge >= 0.3 is 0 Å². The number of aliphatic hydroxyl groups excluding tert-OH is 1. The Labute approximate surface area is 108 Å². The van der Waals surface area contributed by atoms with Gasteiger partial charge in [0.05, 0.1) is 6.61 Å². The minimum atomic E-state index is 0.136. The molecular weight excluding hydrogens is 220 g/mol. The van der Waals surface area contributed by atoms with Crippen LogP contribution >= 0.6 is 0 Å². The second kappa shape index (κ2) is 6.18. The van der Waals surface area contributed by atoms with Crippen LogP contribution in [0.4, 0.5) is 0 Å². The van der Waals surface area contributed by atoms with E-state index in [1.807, 2.05) is 18.2 Å². The van der Waals surface area contributed by atoms with Crippen molar-refractivity contribution in [3.63, 3.8) is 0 Å². The first kappa shape index (κ1) is 12.6. The molecule has 0 fully saturated rings. The average molecular weight is 238 g/mol. The normalized spacial score (nSPS) is 11.6. The lowest BCUT2D eigenvalue weighted by Gasteiger charge is -2.03. The van der Waals surface area contributed by atoms with Gasteiger partial charge in [0.15, 0.2) is 0 Å². The van der Waals surface area contributed by atoms with E-state index in [9.17, 15) is 0 Å². The molecule has 0 amide bonds. The standard InChI is InChI=1S/C17H18O/c1-2-14(13-18)12-15-8-10-17(11-9-15)16-6-4-3-5-7-16/h3-12,18H,2,13H2,1H3. The van der Waals surface area contributed by atoms with E-state index in [0.29, 0.717) is 0 Å². The van der Waals surface area contributed by atoms with Gasteiger partial charge in [-0.25, -0.2) is 0 Å². The van der Waals surface area contributed by atoms with E-state index in [4.69, 9.17) is 5.11 Å². The minimum Gasteiger partial charge on any atom is -0.392 e. The fourth-order valence-electron chi connectivity index (χ4n) is 1.90. The summed E-state index contributed by atoms with van der Waals surface area (Å²) >= 11 is 0. The molecule has 2 rings (SSSR count). The Kier molecular flexibility index (Phi) is 4.32. The van der Waals surface area contributed by atoms with Crippen molar-refractivity contribution >= 4 is 6.08 Å². The largest absolute Gasteiger partial charge is 0.392 e. The van der Waals surface area contributed by atoms with Gasteiger partial charge in [-0.1, -0.05) is 67.6 Å². The minimum absolute atomic E-state index is 0.136. The van der Waals surface area contributed by atoms with Crippen molar-refractivity contribution in [2.45, 2.75) is 13.3 Å². The zero-order valence-electron chi connectivity index (χ0n) is 10.6. The van der Waals surface area contributed by atoms with Gasteiger partial charge in [0.1, 0.15) is 0 Å². The third-order valence-electron chi connectivity index (χ3n) is 3.05. The van der Waals surface area contributed by atoms with Gasteiger partial charge in [-0.2, -0.15) is 0 Å². The molecule has 0 aliphatic carbocycles. The SMILES string of the molecule is CCC(=Cc1ccc(-c2ccccc2)cc1)CO. The highest BCUT2D eigenvalue weighted by Gasteiger charge is 1.97. The van der Waals surface area contributed by atoms with E-state index in [0.717, 1.165) is 17.6 Å². The second-order valence-corrected chi connectivity index (χ2v) is 4.30. The zero-order chi connectivity index (χ0) is 12.8. The molecule has 0 radical (unpaired) electrons. The van der Waals surface area contributed by atoms with Gasteiger partial charge in [0.2, 0.25) is 0 Å². The summed E-state index contributed by atoms with van der Waals surface area (Å²) in [5.41, 5.74) is 4.64. The van der Waals surface area contributed by atoms with Crippen molar-refractivity contribution in [1.82, 2.24) is 0 Å². The molecule has 0 unspecified atom stereocenters. The van der Waals surface area contributed by atoms with Crippen molar-refractivity contribution in [2.75, 3.05) is 6.61 Å². The molecule has 0 saturated heterocycles. The van der Waals surface area contributed by atoms with Gasteiger partial charge in [-0.15, -0.1) is 0 Å². The topological polar surface area (TPSA) is 20.2 Å². The van der Waals surface area contributed by atoms with Crippen LogP contribution in [0.15, 0.2) is 60.2 Å². The van der Waals surface area contributed by atoms with E-state index in [1.54, 1.807) is 0 Å². The van der Waals surface area contributed by atoms with E-state index in [1.165, 1.54) is 11.1 Å². The van der Waals surface area contributed by atoms with Crippen molar-refractivity contribution in [1.29, 1.82) is 0 Å². The average Bonchev–Trinajstić information content (AvgIpc) is 2.46. The number of rotatable bonds is 4. The van der Waals surface area contributed by atoms with Crippen molar-refractivity contribution < 1.29 is 5.11 Å². The maximum Gasteiger partial charge on any atom is 0.0644 e. The summed E-state index contributed by atoms with van der Waals surface area (Å²) in [6.45, 7) is 2.19. The molecule has 0 atom stereocenters. The maximum atomic E-state index is 9.15. The van der Waals surface area contributed by atoms with Crippen LogP contribution in [0.5, 0.6) is 0 Å². The van der Waals surface area contributed by atoms with Gasteiger partial charge in [0, 0.05) is 0 Å². The molecule has 0 aliphatic rings. The molecule has 1 nitrogen and oxygen atoms in total. The van der Waals surface area contributed by atoms with E-state index >= 15 is 0 Å². The number of hydrogen-bond donors (Lipinski definition) is 1. The predicted octanol–water partition coefficient (Wildman–Crippen LogP) is 4.14. The van der Waals surface area contributed by atoms with Crippen LogP contribution < -0.4 is 0 Å². The molecule has 0 spiro atoms. The Morgan fingerprint density at radius 2 is 1.56 bits per heavy atom. The highest BCUT2D eigenvalue weighted by molar-refractivity contribution is 5.66. The molecule has 0 aromatic heterocycles. The summed E-state index contributed by atoms with van der Waals surface area (Å²) in [7, 11) is 0. The van der Waals surface area contributed by atoms with Crippen LogP contribution in [0.2, 0.25) is 0 Å². The number of aliphatic hydroxyl groups is 1. The number of benzene rings is 2. The molecule has 1 heteroatoms. The molecule has 2 aromatic rings. The molecule has 2 aromatic carbocycles. The fraction of sp³-hybridized carbons (Fsp3) is 0.176. The Hall–Kier alpha value is -1.86. The van der Waals surface area contributed by atoms with Crippen molar-refractivity contribution in [3.8, 4) is 11.1 Å². The third kappa shape index (κ3) is 3.08. The van der Waals surface area contributed by atoms with Crippen LogP contribution in [-0.2, 0) is 0 Å². The lowest BCUT2D eigenvalue weighted by Crippen LogP contribution is -1.88. The van der Waals surface area contributed by atoms with Crippen molar-refractivity contribution in [2.24, 2.45) is 0 Å². The molecular formula is C17H18O. The van der Waals surface area contributed by atoms with Gasteiger partial charge in [-0.05, 0) is 28.7 Å². The van der Waals surface area contributed by atoms with E-state index < -0.39 is 0 Å². The Bertz CT molecular complexity index is 503. The number of hydrogen-bond acceptors (Lipinski definition) is 1. The van der Waals surface area contributed by atoms with Gasteiger partial charge in [0.25, 0.3) is 0 Å². The van der Waals surface area contributed by atoms with Crippen LogP contribution in [0.1, 0.15) is 18.9 Å². The quantitative estimate of drug-likeness (QED) is 0.848. The van der Waals surface area contributed by atoms with Crippen LogP contribution in [0, 0.1) is 0 Å². The maximum absolute atomic E-state index is 9.15. The molecule has 92 valence electrons. The summed E-state index contributed by atoms with van der Waals surface area (Å²) in [6, 6.07) is 18.7. The summed E-state index contributed by atoms with van der Waals surface area (Å²) < 4.78 is 0. The summed E-state index contributed by atoms with van der Waals surface area (Å²) in [5.74, 6) is 0. The van der Waals surface area contributed by atoms with Crippen molar-refractivity contribution in [3.05, 3.63) is 65.7 Å². The first-order valence-corrected chi connectivity index (χ1v) is 6.29. The molecule has 0 saturated carbocycles. The molecule has 0 aliphatic heterocycles. The monoisotopic (exact) mass is 238 g/mol. The Morgan fingerprint density at radius 3 is 2.11 bits per heavy atom. The molecule has 18 heavy (non-hydrogen) atoms. The first-order chi connectivity index (χ1) is 8.83. The highest BCUT2D eigenvalue weighted by Crippen LogP contribution is 2.20. The lowest BCUT2D eigenvalue weighted by atomic mass is 10.0. The van der Waals surface area contributed by atoms with Crippen LogP contribution in [-0.4, -0.2) is 11.7 Å². The summed E-state index contributed by atoms with van der Waals surface area (Å²) in [4.78, 5) is 0. The molecule has 1 N–H and O–H groups in total. The van der Waals surface area contributed by atoms with Crippen LogP contribution in [0.3, 0.4) is 0 Å². The second-order valence-electron chi connectivity index (χ2n) is 4.30. The molecule has 0 heterocycles. The summed E-state index contributed by atoms with van der Waals surface area (Å²) in [5, 5.41) is 9.15. The predicted molar refractivity (Wildman–Crippen MR) is 77.2 cm³/mol. The zero-order valence-corrected chi connectivity index (χ0v) is 10.6. The first-order valence-electron chi connectivity index (χ1n) is 6.29. The van der Waals surface area contributed by atoms with E-state index in [2.05, 4.69) is 49.4 Å².